The Morgan fingerprint density at radius 3 is 2.29 bits per heavy atom. The first-order valence-electron chi connectivity index (χ1n) is 5.34. The van der Waals surface area contributed by atoms with Gasteiger partial charge in [0.2, 0.25) is 0 Å². The van der Waals surface area contributed by atoms with Crippen LogP contribution in [0, 0.1) is 11.3 Å². The summed E-state index contributed by atoms with van der Waals surface area (Å²) in [5, 5.41) is 8.31. The Balaban J connectivity index is 0.000000791. The summed E-state index contributed by atoms with van der Waals surface area (Å²) in [6, 6.07) is 12.6. The van der Waals surface area contributed by atoms with E-state index < -0.39 is 0 Å². The van der Waals surface area contributed by atoms with Crippen molar-refractivity contribution in [3.05, 3.63) is 35.9 Å². The van der Waals surface area contributed by atoms with Crippen LogP contribution in [0.5, 0.6) is 0 Å². The van der Waals surface area contributed by atoms with Crippen molar-refractivity contribution in [2.24, 2.45) is 0 Å². The zero-order valence-electron chi connectivity index (χ0n) is 9.16. The third-order valence-corrected chi connectivity index (χ3v) is 1.85. The molecule has 0 radical (unpaired) electrons. The van der Waals surface area contributed by atoms with Crippen molar-refractivity contribution in [1.82, 2.24) is 0 Å². The van der Waals surface area contributed by atoms with Gasteiger partial charge >= 0.3 is 0 Å². The molecule has 0 aromatic heterocycles. The Labute approximate surface area is 87.4 Å². The van der Waals surface area contributed by atoms with E-state index in [1.54, 1.807) is 0 Å². The molecular formula is C13H19N. The van der Waals surface area contributed by atoms with Crippen LogP contribution in [-0.4, -0.2) is 0 Å². The van der Waals surface area contributed by atoms with Crippen molar-refractivity contribution >= 4 is 0 Å². The highest BCUT2D eigenvalue weighted by Crippen LogP contribution is 2.05. The Morgan fingerprint density at radius 1 is 1.07 bits per heavy atom. The Hall–Kier alpha value is -1.29. The van der Waals surface area contributed by atoms with Crippen molar-refractivity contribution < 1.29 is 0 Å². The Kier molecular flexibility index (Phi) is 8.89. The van der Waals surface area contributed by atoms with Crippen LogP contribution in [-0.2, 0) is 6.42 Å². The normalized spacial score (nSPS) is 8.36. The minimum absolute atomic E-state index is 0.687. The minimum Gasteiger partial charge on any atom is -0.198 e. The van der Waals surface area contributed by atoms with Crippen LogP contribution in [0.25, 0.3) is 0 Å². The van der Waals surface area contributed by atoms with Gasteiger partial charge in [0, 0.05) is 6.42 Å². The smallest absolute Gasteiger partial charge is 0.0621 e. The van der Waals surface area contributed by atoms with Crippen LogP contribution >= 0.6 is 0 Å². The molecule has 0 fully saturated rings. The summed E-state index contributed by atoms with van der Waals surface area (Å²) in [7, 11) is 0. The van der Waals surface area contributed by atoms with Gasteiger partial charge in [0.25, 0.3) is 0 Å². The number of hydrogen-bond donors (Lipinski definition) is 0. The van der Waals surface area contributed by atoms with E-state index in [1.165, 1.54) is 5.56 Å². The van der Waals surface area contributed by atoms with Gasteiger partial charge in [-0.3, -0.25) is 0 Å². The standard InChI is InChI=1S/C11H13N.C2H6/c12-10-6-2-5-9-11-7-3-1-4-8-11;1-2/h1,3-4,7-8H,2,5-6,9H2;1-2H3. The van der Waals surface area contributed by atoms with Crippen LogP contribution in [0.1, 0.15) is 38.7 Å². The second-order valence-electron chi connectivity index (χ2n) is 2.85. The first kappa shape index (κ1) is 12.7. The summed E-state index contributed by atoms with van der Waals surface area (Å²) >= 11 is 0. The second-order valence-corrected chi connectivity index (χ2v) is 2.85. The molecule has 1 heteroatoms. The monoisotopic (exact) mass is 189 g/mol. The van der Waals surface area contributed by atoms with E-state index in [0.29, 0.717) is 6.42 Å². The lowest BCUT2D eigenvalue weighted by Gasteiger charge is -1.97. The summed E-state index contributed by atoms with van der Waals surface area (Å²) < 4.78 is 0. The fourth-order valence-electron chi connectivity index (χ4n) is 1.18. The SMILES string of the molecule is CC.N#CCCCCc1ccccc1. The topological polar surface area (TPSA) is 23.8 Å². The van der Waals surface area contributed by atoms with Crippen molar-refractivity contribution in [1.29, 1.82) is 5.26 Å². The molecule has 76 valence electrons. The minimum atomic E-state index is 0.687. The molecule has 0 N–H and O–H groups in total. The molecule has 0 saturated heterocycles. The molecule has 0 unspecified atom stereocenters. The van der Waals surface area contributed by atoms with E-state index in [-0.39, 0.29) is 0 Å². The average molecular weight is 189 g/mol. The molecule has 0 heterocycles. The number of nitrogens with zero attached hydrogens (tertiary/aromatic N) is 1. The van der Waals surface area contributed by atoms with Gasteiger partial charge in [-0.05, 0) is 24.8 Å². The molecule has 1 aromatic carbocycles. The van der Waals surface area contributed by atoms with Gasteiger partial charge in [-0.2, -0.15) is 5.26 Å². The number of nitriles is 1. The number of aryl methyl sites for hydroxylation is 1. The highest BCUT2D eigenvalue weighted by atomic mass is 14.2. The largest absolute Gasteiger partial charge is 0.198 e. The summed E-state index contributed by atoms with van der Waals surface area (Å²) in [4.78, 5) is 0. The lowest BCUT2D eigenvalue weighted by atomic mass is 10.1. The molecule has 0 aliphatic carbocycles. The maximum absolute atomic E-state index is 8.31. The molecule has 1 aromatic rings. The zero-order valence-corrected chi connectivity index (χ0v) is 9.16. The van der Waals surface area contributed by atoms with Crippen LogP contribution in [0.4, 0.5) is 0 Å². The first-order chi connectivity index (χ1) is 6.93. The lowest BCUT2D eigenvalue weighted by molar-refractivity contribution is 0.753. The molecule has 0 saturated carbocycles. The molecule has 0 bridgehead atoms. The number of benzene rings is 1. The van der Waals surface area contributed by atoms with Crippen molar-refractivity contribution in [2.75, 3.05) is 0 Å². The Morgan fingerprint density at radius 2 is 1.71 bits per heavy atom. The Bertz CT molecular complexity index is 246. The van der Waals surface area contributed by atoms with Gasteiger partial charge in [-0.15, -0.1) is 0 Å². The number of rotatable bonds is 4. The lowest BCUT2D eigenvalue weighted by Crippen LogP contribution is -1.83. The predicted molar refractivity (Wildman–Crippen MR) is 61.0 cm³/mol. The van der Waals surface area contributed by atoms with Gasteiger partial charge in [-0.1, -0.05) is 44.2 Å². The van der Waals surface area contributed by atoms with Crippen molar-refractivity contribution in [3.63, 3.8) is 0 Å². The molecule has 0 spiro atoms. The predicted octanol–water partition coefficient (Wildman–Crippen LogP) is 3.95. The molecule has 0 aliphatic rings. The summed E-state index contributed by atoms with van der Waals surface area (Å²) in [6.45, 7) is 4.00. The maximum Gasteiger partial charge on any atom is 0.0621 e. The van der Waals surface area contributed by atoms with E-state index >= 15 is 0 Å². The zero-order chi connectivity index (χ0) is 10.6. The summed E-state index contributed by atoms with van der Waals surface area (Å²) in [5.74, 6) is 0. The molecule has 0 aliphatic heterocycles. The van der Waals surface area contributed by atoms with Gasteiger partial charge in [0.1, 0.15) is 0 Å². The van der Waals surface area contributed by atoms with Crippen LogP contribution in [0.3, 0.4) is 0 Å². The van der Waals surface area contributed by atoms with Gasteiger partial charge < -0.3 is 0 Å². The fraction of sp³-hybridized carbons (Fsp3) is 0.462. The highest BCUT2D eigenvalue weighted by molar-refractivity contribution is 5.14. The van der Waals surface area contributed by atoms with Crippen LogP contribution in [0.15, 0.2) is 30.3 Å². The van der Waals surface area contributed by atoms with E-state index in [4.69, 9.17) is 5.26 Å². The van der Waals surface area contributed by atoms with E-state index in [0.717, 1.165) is 19.3 Å². The van der Waals surface area contributed by atoms with E-state index in [1.807, 2.05) is 19.9 Å². The average Bonchev–Trinajstić information content (AvgIpc) is 2.29. The molecule has 1 nitrogen and oxygen atoms in total. The van der Waals surface area contributed by atoms with E-state index in [2.05, 4.69) is 30.3 Å². The van der Waals surface area contributed by atoms with Gasteiger partial charge in [0.15, 0.2) is 0 Å². The first-order valence-corrected chi connectivity index (χ1v) is 5.34. The number of hydrogen-bond acceptors (Lipinski definition) is 1. The quantitative estimate of drug-likeness (QED) is 0.658. The third-order valence-electron chi connectivity index (χ3n) is 1.85. The molecule has 1 rings (SSSR count). The van der Waals surface area contributed by atoms with E-state index in [9.17, 15) is 0 Å². The molecular weight excluding hydrogens is 170 g/mol. The second kappa shape index (κ2) is 9.80. The molecule has 0 atom stereocenters. The highest BCUT2D eigenvalue weighted by Gasteiger charge is 1.90. The van der Waals surface area contributed by atoms with Crippen LogP contribution in [0.2, 0.25) is 0 Å². The maximum atomic E-state index is 8.31. The van der Waals surface area contributed by atoms with Gasteiger partial charge in [0.05, 0.1) is 6.07 Å². The van der Waals surface area contributed by atoms with Crippen LogP contribution < -0.4 is 0 Å². The summed E-state index contributed by atoms with van der Waals surface area (Å²) in [6.07, 6.45) is 3.93. The van der Waals surface area contributed by atoms with Crippen molar-refractivity contribution in [2.45, 2.75) is 39.5 Å². The fourth-order valence-corrected chi connectivity index (χ4v) is 1.18. The summed E-state index contributed by atoms with van der Waals surface area (Å²) in [5.41, 5.74) is 1.37. The third kappa shape index (κ3) is 6.25. The number of unbranched alkanes of at least 4 members (excludes halogenated alkanes) is 2. The van der Waals surface area contributed by atoms with Gasteiger partial charge in [-0.25, -0.2) is 0 Å². The van der Waals surface area contributed by atoms with Crippen molar-refractivity contribution in [3.8, 4) is 6.07 Å². The molecule has 0 amide bonds. The molecule has 14 heavy (non-hydrogen) atoms.